The number of hydrogen-bond acceptors (Lipinski definition) is 5. The number of amides is 1. The third kappa shape index (κ3) is 4.30. The van der Waals surface area contributed by atoms with E-state index in [0.29, 0.717) is 24.5 Å². The Morgan fingerprint density at radius 2 is 1.56 bits per heavy atom. The van der Waals surface area contributed by atoms with E-state index < -0.39 is 0 Å². The lowest BCUT2D eigenvalue weighted by Gasteiger charge is -2.39. The summed E-state index contributed by atoms with van der Waals surface area (Å²) in [7, 11) is 0. The number of carbonyl (C=O) groups excluding carboxylic acids is 1. The number of para-hydroxylation sites is 3. The Morgan fingerprint density at radius 1 is 0.875 bits per heavy atom. The third-order valence-electron chi connectivity index (χ3n) is 5.41. The molecular weight excluding hydrogens is 400 g/mol. The quantitative estimate of drug-likeness (QED) is 0.473. The minimum atomic E-state index is -0.116. The number of rotatable bonds is 6. The van der Waals surface area contributed by atoms with Crippen LogP contribution in [0.2, 0.25) is 0 Å². The molecular formula is C26H22N4O2. The number of benzene rings is 3. The largest absolute Gasteiger partial charge is 0.455 e. The van der Waals surface area contributed by atoms with Crippen molar-refractivity contribution < 1.29 is 9.53 Å². The standard InChI is InChI=1S/C26H22N4O2/c31-26(29-22-13-7-8-14-24(22)32-21-11-5-2-6-12-21)20-16-30(17-20)25-15-23(27-18-28-25)19-9-3-1-4-10-19/h1-15,18,20H,16-17H2,(H,29,31). The number of anilines is 2. The van der Waals surface area contributed by atoms with E-state index in [1.165, 1.54) is 0 Å². The van der Waals surface area contributed by atoms with E-state index in [1.807, 2.05) is 91.0 Å². The van der Waals surface area contributed by atoms with Crippen LogP contribution in [-0.2, 0) is 4.79 Å². The van der Waals surface area contributed by atoms with Gasteiger partial charge in [0.2, 0.25) is 5.91 Å². The van der Waals surface area contributed by atoms with Gasteiger partial charge in [-0.2, -0.15) is 0 Å². The number of nitrogens with one attached hydrogen (secondary N) is 1. The van der Waals surface area contributed by atoms with Crippen LogP contribution in [0.1, 0.15) is 0 Å². The van der Waals surface area contributed by atoms with Gasteiger partial charge in [0.15, 0.2) is 5.75 Å². The van der Waals surface area contributed by atoms with Gasteiger partial charge in [-0.3, -0.25) is 4.79 Å². The molecule has 1 fully saturated rings. The zero-order valence-corrected chi connectivity index (χ0v) is 17.4. The molecule has 0 radical (unpaired) electrons. The first-order valence-corrected chi connectivity index (χ1v) is 10.5. The second-order valence-electron chi connectivity index (χ2n) is 7.63. The molecule has 6 nitrogen and oxygen atoms in total. The Labute approximate surface area is 186 Å². The molecule has 1 N–H and O–H groups in total. The molecule has 0 unspecified atom stereocenters. The minimum absolute atomic E-state index is 0.0253. The zero-order chi connectivity index (χ0) is 21.8. The van der Waals surface area contributed by atoms with Crippen LogP contribution < -0.4 is 15.0 Å². The van der Waals surface area contributed by atoms with Gasteiger partial charge in [-0.25, -0.2) is 9.97 Å². The van der Waals surface area contributed by atoms with Crippen molar-refractivity contribution in [1.82, 2.24) is 9.97 Å². The average molecular weight is 422 g/mol. The van der Waals surface area contributed by atoms with Crippen molar-refractivity contribution in [3.63, 3.8) is 0 Å². The normalized spacial score (nSPS) is 13.3. The molecule has 5 rings (SSSR count). The molecule has 1 aromatic heterocycles. The van der Waals surface area contributed by atoms with Gasteiger partial charge in [-0.1, -0.05) is 60.7 Å². The minimum Gasteiger partial charge on any atom is -0.455 e. The van der Waals surface area contributed by atoms with Crippen LogP contribution in [-0.4, -0.2) is 29.0 Å². The smallest absolute Gasteiger partial charge is 0.231 e. The molecule has 1 amide bonds. The molecule has 0 bridgehead atoms. The first kappa shape index (κ1) is 19.8. The highest BCUT2D eigenvalue weighted by atomic mass is 16.5. The Bertz CT molecular complexity index is 1210. The second-order valence-corrected chi connectivity index (χ2v) is 7.63. The number of hydrogen-bond donors (Lipinski definition) is 1. The summed E-state index contributed by atoms with van der Waals surface area (Å²) in [6, 6.07) is 29.0. The van der Waals surface area contributed by atoms with Crippen LogP contribution in [0, 0.1) is 5.92 Å². The molecule has 158 valence electrons. The third-order valence-corrected chi connectivity index (χ3v) is 5.41. The van der Waals surface area contributed by atoms with Gasteiger partial charge >= 0.3 is 0 Å². The molecule has 1 aliphatic rings. The van der Waals surface area contributed by atoms with Crippen LogP contribution in [0.4, 0.5) is 11.5 Å². The maximum atomic E-state index is 12.8. The Balaban J connectivity index is 1.23. The highest BCUT2D eigenvalue weighted by molar-refractivity contribution is 5.95. The summed E-state index contributed by atoms with van der Waals surface area (Å²) >= 11 is 0. The molecule has 0 aliphatic carbocycles. The highest BCUT2D eigenvalue weighted by Gasteiger charge is 2.34. The van der Waals surface area contributed by atoms with E-state index in [1.54, 1.807) is 6.33 Å². The van der Waals surface area contributed by atoms with Crippen molar-refractivity contribution in [3.05, 3.63) is 97.3 Å². The average Bonchev–Trinajstić information content (AvgIpc) is 2.81. The fraction of sp³-hybridized carbons (Fsp3) is 0.115. The van der Waals surface area contributed by atoms with Crippen molar-refractivity contribution >= 4 is 17.4 Å². The van der Waals surface area contributed by atoms with Gasteiger partial charge in [0, 0.05) is 24.7 Å². The summed E-state index contributed by atoms with van der Waals surface area (Å²) in [6.45, 7) is 1.22. The lowest BCUT2D eigenvalue weighted by Crippen LogP contribution is -2.52. The second kappa shape index (κ2) is 8.89. The zero-order valence-electron chi connectivity index (χ0n) is 17.4. The predicted octanol–water partition coefficient (Wildman–Crippen LogP) is 5.01. The molecule has 0 saturated carbocycles. The van der Waals surface area contributed by atoms with E-state index in [-0.39, 0.29) is 11.8 Å². The fourth-order valence-corrected chi connectivity index (χ4v) is 3.63. The van der Waals surface area contributed by atoms with Crippen LogP contribution in [0.3, 0.4) is 0 Å². The molecule has 1 saturated heterocycles. The lowest BCUT2D eigenvalue weighted by atomic mass is 9.98. The van der Waals surface area contributed by atoms with Crippen molar-refractivity contribution in [1.29, 1.82) is 0 Å². The van der Waals surface area contributed by atoms with Crippen LogP contribution in [0.5, 0.6) is 11.5 Å². The van der Waals surface area contributed by atoms with Crippen LogP contribution in [0.25, 0.3) is 11.3 Å². The Morgan fingerprint density at radius 3 is 2.34 bits per heavy atom. The summed E-state index contributed by atoms with van der Waals surface area (Å²) in [5, 5.41) is 3.02. The summed E-state index contributed by atoms with van der Waals surface area (Å²) in [4.78, 5) is 23.7. The summed E-state index contributed by atoms with van der Waals surface area (Å²) in [5.74, 6) is 2.03. The Kier molecular flexibility index (Phi) is 5.49. The van der Waals surface area contributed by atoms with Crippen molar-refractivity contribution in [3.8, 4) is 22.8 Å². The van der Waals surface area contributed by atoms with E-state index in [2.05, 4.69) is 20.2 Å². The fourth-order valence-electron chi connectivity index (χ4n) is 3.63. The van der Waals surface area contributed by atoms with E-state index in [4.69, 9.17) is 4.74 Å². The van der Waals surface area contributed by atoms with E-state index >= 15 is 0 Å². The van der Waals surface area contributed by atoms with Gasteiger partial charge < -0.3 is 15.0 Å². The van der Waals surface area contributed by atoms with Crippen molar-refractivity contribution in [2.24, 2.45) is 5.92 Å². The molecule has 0 atom stereocenters. The first-order valence-electron chi connectivity index (χ1n) is 10.5. The molecule has 0 spiro atoms. The van der Waals surface area contributed by atoms with Gasteiger partial charge in [0.05, 0.1) is 17.3 Å². The topological polar surface area (TPSA) is 67.3 Å². The summed E-state index contributed by atoms with van der Waals surface area (Å²) in [5.41, 5.74) is 2.57. The lowest BCUT2D eigenvalue weighted by molar-refractivity contribution is -0.120. The number of nitrogens with zero attached hydrogens (tertiary/aromatic N) is 3. The Hall–Kier alpha value is -4.19. The molecule has 4 aromatic rings. The molecule has 32 heavy (non-hydrogen) atoms. The maximum absolute atomic E-state index is 12.8. The number of ether oxygens (including phenoxy) is 1. The van der Waals surface area contributed by atoms with E-state index in [9.17, 15) is 4.79 Å². The number of aromatic nitrogens is 2. The summed E-state index contributed by atoms with van der Waals surface area (Å²) < 4.78 is 5.95. The van der Waals surface area contributed by atoms with Gasteiger partial charge in [-0.05, 0) is 24.3 Å². The maximum Gasteiger partial charge on any atom is 0.231 e. The molecule has 3 aromatic carbocycles. The SMILES string of the molecule is O=C(Nc1ccccc1Oc1ccccc1)C1CN(c2cc(-c3ccccc3)ncn2)C1. The molecule has 1 aliphatic heterocycles. The van der Waals surface area contributed by atoms with Gasteiger partial charge in [0.25, 0.3) is 0 Å². The van der Waals surface area contributed by atoms with Crippen molar-refractivity contribution in [2.45, 2.75) is 0 Å². The van der Waals surface area contributed by atoms with Crippen molar-refractivity contribution in [2.75, 3.05) is 23.3 Å². The highest BCUT2D eigenvalue weighted by Crippen LogP contribution is 2.31. The van der Waals surface area contributed by atoms with Crippen LogP contribution >= 0.6 is 0 Å². The molecule has 2 heterocycles. The first-order chi connectivity index (χ1) is 15.8. The predicted molar refractivity (Wildman–Crippen MR) is 125 cm³/mol. The number of carbonyl (C=O) groups is 1. The van der Waals surface area contributed by atoms with Crippen LogP contribution in [0.15, 0.2) is 97.3 Å². The van der Waals surface area contributed by atoms with E-state index in [0.717, 1.165) is 22.8 Å². The molecule has 6 heteroatoms. The van der Waals surface area contributed by atoms with Gasteiger partial charge in [-0.15, -0.1) is 0 Å². The monoisotopic (exact) mass is 422 g/mol. The van der Waals surface area contributed by atoms with Gasteiger partial charge in [0.1, 0.15) is 17.9 Å². The summed E-state index contributed by atoms with van der Waals surface area (Å²) in [6.07, 6.45) is 1.57.